The molecule has 0 aromatic heterocycles. The average molecular weight is 481 g/mol. The number of rotatable bonds is 3. The van der Waals surface area contributed by atoms with Crippen molar-refractivity contribution in [2.45, 2.75) is 38.3 Å². The van der Waals surface area contributed by atoms with Crippen LogP contribution in [0.4, 0.5) is 8.78 Å². The first-order valence-electron chi connectivity index (χ1n) is 9.48. The maximum atomic E-state index is 13.9. The van der Waals surface area contributed by atoms with Crippen molar-refractivity contribution in [2.75, 3.05) is 7.05 Å². The first-order chi connectivity index (χ1) is 12.5. The summed E-state index contributed by atoms with van der Waals surface area (Å²) < 4.78 is 27.7. The number of allylic oxidation sites excluding steroid dienone is 1. The molecule has 4 rings (SSSR count). The van der Waals surface area contributed by atoms with Crippen LogP contribution in [0.15, 0.2) is 54.6 Å². The number of piperidine rings is 1. The smallest absolute Gasteiger partial charge is 0.123 e. The van der Waals surface area contributed by atoms with Crippen molar-refractivity contribution in [1.82, 2.24) is 4.90 Å². The summed E-state index contributed by atoms with van der Waals surface area (Å²) in [6.07, 6.45) is 5.89. The molecule has 2 heterocycles. The molecule has 2 aliphatic rings. The number of hydrogen-bond donors (Lipinski definition) is 0. The summed E-state index contributed by atoms with van der Waals surface area (Å²) in [5.41, 5.74) is 2.56. The van der Waals surface area contributed by atoms with Crippen LogP contribution in [0.2, 0.25) is 0 Å². The lowest BCUT2D eigenvalue weighted by Crippen LogP contribution is -2.45. The van der Waals surface area contributed by atoms with E-state index >= 15 is 0 Å². The van der Waals surface area contributed by atoms with Gasteiger partial charge in [0.15, 0.2) is 0 Å². The molecule has 2 bridgehead atoms. The monoisotopic (exact) mass is 481 g/mol. The molecule has 144 valence electrons. The molecule has 2 aromatic rings. The quantitative estimate of drug-likeness (QED) is 0.477. The van der Waals surface area contributed by atoms with Gasteiger partial charge in [0.05, 0.1) is 0 Å². The first kappa shape index (κ1) is 20.5. The Bertz CT molecular complexity index is 787. The number of hydrogen-bond acceptors (Lipinski definition) is 1. The van der Waals surface area contributed by atoms with Gasteiger partial charge in [-0.2, -0.15) is 0 Å². The van der Waals surface area contributed by atoms with E-state index in [0.717, 1.165) is 23.1 Å². The third-order valence-electron chi connectivity index (χ3n) is 6.37. The fourth-order valence-corrected chi connectivity index (χ4v) is 4.88. The average Bonchev–Trinajstić information content (AvgIpc) is 2.88. The van der Waals surface area contributed by atoms with Crippen molar-refractivity contribution in [3.8, 4) is 0 Å². The Balaban J connectivity index is 0.00000210. The molecular weight excluding hydrogens is 455 g/mol. The molecule has 4 heteroatoms. The van der Waals surface area contributed by atoms with Crippen LogP contribution in [-0.2, 0) is 0 Å². The molecule has 4 atom stereocenters. The lowest BCUT2D eigenvalue weighted by atomic mass is 9.79. The van der Waals surface area contributed by atoms with Crippen LogP contribution in [0, 0.1) is 23.5 Å². The van der Waals surface area contributed by atoms with E-state index in [9.17, 15) is 8.78 Å². The number of nitrogens with zero attached hydrogens (tertiary/aromatic N) is 1. The molecule has 2 saturated heterocycles. The summed E-state index contributed by atoms with van der Waals surface area (Å²) in [7, 11) is 2.23. The third kappa shape index (κ3) is 4.11. The lowest BCUT2D eigenvalue weighted by molar-refractivity contribution is 0.0984. The van der Waals surface area contributed by atoms with Gasteiger partial charge in [0.25, 0.3) is 0 Å². The standard InChI is InChI=1S/C23H25F2N.HI/c1-15-18(13-21-9-10-23(15)26(21)2)14-22(16-5-3-7-19(24)11-16)17-6-4-8-20(25)12-17;/h3-8,11-12,14-15,18,21,23H,9-10,13H2,1-2H3;1H. The molecular formula is C23H26F2IN. The van der Waals surface area contributed by atoms with Gasteiger partial charge >= 0.3 is 0 Å². The maximum Gasteiger partial charge on any atom is 0.123 e. The minimum atomic E-state index is -0.263. The Morgan fingerprint density at radius 3 is 2.15 bits per heavy atom. The molecule has 0 aliphatic carbocycles. The van der Waals surface area contributed by atoms with Crippen LogP contribution in [-0.4, -0.2) is 24.0 Å². The fraction of sp³-hybridized carbons (Fsp3) is 0.391. The zero-order valence-corrected chi connectivity index (χ0v) is 18.1. The molecule has 0 radical (unpaired) electrons. The normalized spacial score (nSPS) is 27.1. The fourth-order valence-electron chi connectivity index (χ4n) is 4.88. The predicted octanol–water partition coefficient (Wildman–Crippen LogP) is 6.13. The second-order valence-corrected chi connectivity index (χ2v) is 7.82. The molecule has 0 spiro atoms. The van der Waals surface area contributed by atoms with Gasteiger partial charge in [-0.25, -0.2) is 8.78 Å². The number of fused-ring (bicyclic) bond motifs is 2. The van der Waals surface area contributed by atoms with Gasteiger partial charge in [-0.1, -0.05) is 37.3 Å². The molecule has 2 aromatic carbocycles. The van der Waals surface area contributed by atoms with E-state index in [1.165, 1.54) is 25.0 Å². The Morgan fingerprint density at radius 1 is 1.00 bits per heavy atom. The highest BCUT2D eigenvalue weighted by atomic mass is 127. The van der Waals surface area contributed by atoms with Gasteiger partial charge in [-0.05, 0) is 79.1 Å². The third-order valence-corrected chi connectivity index (χ3v) is 6.37. The Labute approximate surface area is 177 Å². The molecule has 2 fully saturated rings. The summed E-state index contributed by atoms with van der Waals surface area (Å²) >= 11 is 0. The Morgan fingerprint density at radius 2 is 1.59 bits per heavy atom. The van der Waals surface area contributed by atoms with Crippen molar-refractivity contribution >= 4 is 29.5 Å². The largest absolute Gasteiger partial charge is 0.300 e. The molecule has 0 N–H and O–H groups in total. The van der Waals surface area contributed by atoms with Crippen molar-refractivity contribution in [2.24, 2.45) is 11.8 Å². The molecule has 4 unspecified atom stereocenters. The predicted molar refractivity (Wildman–Crippen MR) is 117 cm³/mol. The van der Waals surface area contributed by atoms with Crippen LogP contribution in [0.1, 0.15) is 37.3 Å². The van der Waals surface area contributed by atoms with E-state index in [0.29, 0.717) is 23.9 Å². The van der Waals surface area contributed by atoms with Gasteiger partial charge in [0.1, 0.15) is 11.6 Å². The van der Waals surface area contributed by atoms with E-state index in [-0.39, 0.29) is 35.6 Å². The SMILES string of the molecule is CC1C(C=C(c2cccc(F)c2)c2cccc(F)c2)CC2CCC1N2C.I. The minimum absolute atomic E-state index is 0. The lowest BCUT2D eigenvalue weighted by Gasteiger charge is -2.40. The summed E-state index contributed by atoms with van der Waals surface area (Å²) in [5, 5.41) is 0. The zero-order chi connectivity index (χ0) is 18.3. The van der Waals surface area contributed by atoms with Crippen LogP contribution in [0.3, 0.4) is 0 Å². The maximum absolute atomic E-state index is 13.9. The second-order valence-electron chi connectivity index (χ2n) is 7.82. The van der Waals surface area contributed by atoms with E-state index in [4.69, 9.17) is 0 Å². The second kappa shape index (κ2) is 8.39. The first-order valence-corrected chi connectivity index (χ1v) is 9.48. The van der Waals surface area contributed by atoms with E-state index in [1.54, 1.807) is 24.3 Å². The van der Waals surface area contributed by atoms with Crippen LogP contribution in [0.5, 0.6) is 0 Å². The van der Waals surface area contributed by atoms with Gasteiger partial charge in [-0.15, -0.1) is 24.0 Å². The summed E-state index contributed by atoms with van der Waals surface area (Å²) in [4.78, 5) is 2.53. The Hall–Kier alpha value is -1.27. The van der Waals surface area contributed by atoms with Crippen molar-refractivity contribution in [3.63, 3.8) is 0 Å². The van der Waals surface area contributed by atoms with E-state index in [2.05, 4.69) is 24.9 Å². The molecule has 1 nitrogen and oxygen atoms in total. The van der Waals surface area contributed by atoms with Gasteiger partial charge in [0, 0.05) is 12.1 Å². The van der Waals surface area contributed by atoms with Crippen molar-refractivity contribution < 1.29 is 8.78 Å². The highest BCUT2D eigenvalue weighted by Crippen LogP contribution is 2.43. The summed E-state index contributed by atoms with van der Waals surface area (Å²) in [5.74, 6) is 0.434. The number of halogens is 3. The van der Waals surface area contributed by atoms with Crippen molar-refractivity contribution in [3.05, 3.63) is 77.4 Å². The van der Waals surface area contributed by atoms with Gasteiger partial charge in [-0.3, -0.25) is 0 Å². The van der Waals surface area contributed by atoms with Gasteiger partial charge in [0.2, 0.25) is 0 Å². The topological polar surface area (TPSA) is 3.24 Å². The van der Waals surface area contributed by atoms with E-state index in [1.807, 2.05) is 12.1 Å². The van der Waals surface area contributed by atoms with Crippen LogP contribution >= 0.6 is 24.0 Å². The zero-order valence-electron chi connectivity index (χ0n) is 15.7. The van der Waals surface area contributed by atoms with Crippen molar-refractivity contribution in [1.29, 1.82) is 0 Å². The molecule has 0 saturated carbocycles. The minimum Gasteiger partial charge on any atom is -0.300 e. The Kier molecular flexibility index (Phi) is 6.36. The van der Waals surface area contributed by atoms with Crippen LogP contribution in [0.25, 0.3) is 5.57 Å². The summed E-state index contributed by atoms with van der Waals surface area (Å²) in [6, 6.07) is 14.5. The number of benzene rings is 2. The highest BCUT2D eigenvalue weighted by Gasteiger charge is 2.42. The molecule has 27 heavy (non-hydrogen) atoms. The molecule has 0 amide bonds. The van der Waals surface area contributed by atoms with Crippen LogP contribution < -0.4 is 0 Å². The van der Waals surface area contributed by atoms with E-state index < -0.39 is 0 Å². The highest BCUT2D eigenvalue weighted by molar-refractivity contribution is 14.0. The molecule has 2 aliphatic heterocycles. The summed E-state index contributed by atoms with van der Waals surface area (Å²) in [6.45, 7) is 2.32. The van der Waals surface area contributed by atoms with Gasteiger partial charge < -0.3 is 4.90 Å².